The molecule has 26 heavy (non-hydrogen) atoms. The van der Waals surface area contributed by atoms with Crippen LogP contribution in [0.4, 0.5) is 13.2 Å². The number of alkyl halides is 3. The first-order valence-electron chi connectivity index (χ1n) is 9.10. The largest absolute Gasteiger partial charge is 0.465 e. The lowest BCUT2D eigenvalue weighted by molar-refractivity contribution is -0.183. The number of ether oxygens (including phenoxy) is 1. The van der Waals surface area contributed by atoms with Crippen molar-refractivity contribution in [3.63, 3.8) is 0 Å². The van der Waals surface area contributed by atoms with Gasteiger partial charge in [0.05, 0.1) is 18.6 Å². The van der Waals surface area contributed by atoms with Crippen LogP contribution in [0.5, 0.6) is 0 Å². The Hall–Kier alpha value is -1.98. The smallest absolute Gasteiger partial charge is 0.391 e. The second-order valence-corrected chi connectivity index (χ2v) is 7.11. The van der Waals surface area contributed by atoms with E-state index in [2.05, 4.69) is 17.6 Å². The van der Waals surface area contributed by atoms with Gasteiger partial charge in [0.15, 0.2) is 0 Å². The number of fused-ring (bicyclic) bond motifs is 1. The van der Waals surface area contributed by atoms with Crippen molar-refractivity contribution in [3.05, 3.63) is 35.5 Å². The summed E-state index contributed by atoms with van der Waals surface area (Å²) in [5.41, 5.74) is 2.67. The van der Waals surface area contributed by atoms with E-state index in [-0.39, 0.29) is 24.7 Å². The third kappa shape index (κ3) is 3.74. The molecule has 3 rings (SSSR count). The second-order valence-electron chi connectivity index (χ2n) is 7.11. The Morgan fingerprint density at radius 2 is 1.88 bits per heavy atom. The Bertz CT molecular complexity index is 786. The Morgan fingerprint density at radius 3 is 2.46 bits per heavy atom. The SMILES string of the molecule is CCn1c(CC2CCC(C(F)(F)F)CC2)cc2cc(C(=O)OC)ccc21. The zero-order valence-electron chi connectivity index (χ0n) is 15.1. The second kappa shape index (κ2) is 7.33. The Labute approximate surface area is 151 Å². The molecule has 0 unspecified atom stereocenters. The van der Waals surface area contributed by atoms with Gasteiger partial charge in [0, 0.05) is 23.1 Å². The van der Waals surface area contributed by atoms with Gasteiger partial charge in [-0.2, -0.15) is 13.2 Å². The Balaban J connectivity index is 1.79. The Kier molecular flexibility index (Phi) is 5.30. The third-order valence-corrected chi connectivity index (χ3v) is 5.53. The van der Waals surface area contributed by atoms with Gasteiger partial charge in [0.1, 0.15) is 0 Å². The van der Waals surface area contributed by atoms with Gasteiger partial charge in [-0.15, -0.1) is 0 Å². The number of carbonyl (C=O) groups excluding carboxylic acids is 1. The van der Waals surface area contributed by atoms with Gasteiger partial charge < -0.3 is 9.30 Å². The minimum atomic E-state index is -4.06. The lowest BCUT2D eigenvalue weighted by atomic mass is 9.79. The maximum atomic E-state index is 12.8. The van der Waals surface area contributed by atoms with Gasteiger partial charge in [-0.25, -0.2) is 4.79 Å². The number of aryl methyl sites for hydroxylation is 1. The lowest BCUT2D eigenvalue weighted by Crippen LogP contribution is -2.28. The summed E-state index contributed by atoms with van der Waals surface area (Å²) in [7, 11) is 1.35. The topological polar surface area (TPSA) is 31.2 Å². The highest BCUT2D eigenvalue weighted by Crippen LogP contribution is 2.40. The number of rotatable bonds is 4. The molecule has 0 atom stereocenters. The van der Waals surface area contributed by atoms with Gasteiger partial charge in [-0.05, 0) is 69.2 Å². The molecule has 0 aliphatic heterocycles. The molecule has 1 aromatic heterocycles. The molecule has 0 N–H and O–H groups in total. The molecule has 0 saturated heterocycles. The number of esters is 1. The number of halogens is 3. The maximum Gasteiger partial charge on any atom is 0.391 e. The number of methoxy groups -OCH3 is 1. The highest BCUT2D eigenvalue weighted by atomic mass is 19.4. The Morgan fingerprint density at radius 1 is 1.19 bits per heavy atom. The fraction of sp³-hybridized carbons (Fsp3) is 0.550. The van der Waals surface area contributed by atoms with Gasteiger partial charge in [-0.1, -0.05) is 0 Å². The van der Waals surface area contributed by atoms with E-state index in [1.54, 1.807) is 6.07 Å². The molecule has 142 valence electrons. The first kappa shape index (κ1) is 18.8. The lowest BCUT2D eigenvalue weighted by Gasteiger charge is -2.30. The summed E-state index contributed by atoms with van der Waals surface area (Å²) in [5, 5.41) is 0.966. The van der Waals surface area contributed by atoms with Crippen LogP contribution in [-0.4, -0.2) is 23.8 Å². The molecule has 1 fully saturated rings. The molecule has 0 bridgehead atoms. The predicted molar refractivity (Wildman–Crippen MR) is 94.2 cm³/mol. The maximum absolute atomic E-state index is 12.8. The van der Waals surface area contributed by atoms with Crippen molar-refractivity contribution in [1.82, 2.24) is 4.57 Å². The quantitative estimate of drug-likeness (QED) is 0.681. The zero-order chi connectivity index (χ0) is 18.9. The minimum absolute atomic E-state index is 0.229. The van der Waals surface area contributed by atoms with Gasteiger partial charge in [0.25, 0.3) is 0 Å². The summed E-state index contributed by atoms with van der Waals surface area (Å²) in [6, 6.07) is 7.53. The van der Waals surface area contributed by atoms with Crippen LogP contribution >= 0.6 is 0 Å². The molecule has 2 aromatic rings. The number of nitrogens with zero attached hydrogens (tertiary/aromatic N) is 1. The van der Waals surface area contributed by atoms with Crippen LogP contribution in [0, 0.1) is 11.8 Å². The van der Waals surface area contributed by atoms with E-state index in [4.69, 9.17) is 4.74 Å². The summed E-state index contributed by atoms with van der Waals surface area (Å²) in [4.78, 5) is 11.7. The fourth-order valence-electron chi connectivity index (χ4n) is 4.11. The van der Waals surface area contributed by atoms with Crippen LogP contribution in [0.25, 0.3) is 10.9 Å². The summed E-state index contributed by atoms with van der Waals surface area (Å²) >= 11 is 0. The van der Waals surface area contributed by atoms with Crippen LogP contribution in [-0.2, 0) is 17.7 Å². The molecule has 1 aliphatic rings. The minimum Gasteiger partial charge on any atom is -0.465 e. The van der Waals surface area contributed by atoms with Crippen molar-refractivity contribution in [2.24, 2.45) is 11.8 Å². The van der Waals surface area contributed by atoms with Gasteiger partial charge in [0.2, 0.25) is 0 Å². The zero-order valence-corrected chi connectivity index (χ0v) is 15.1. The van der Waals surface area contributed by atoms with E-state index in [0.717, 1.165) is 29.6 Å². The van der Waals surface area contributed by atoms with Crippen LogP contribution in [0.3, 0.4) is 0 Å². The van der Waals surface area contributed by atoms with Crippen molar-refractivity contribution in [3.8, 4) is 0 Å². The summed E-state index contributed by atoms with van der Waals surface area (Å²) < 4.78 is 45.5. The van der Waals surface area contributed by atoms with Crippen molar-refractivity contribution < 1.29 is 22.7 Å². The van der Waals surface area contributed by atoms with E-state index < -0.39 is 12.1 Å². The van der Waals surface area contributed by atoms with Crippen LogP contribution in [0.2, 0.25) is 0 Å². The molecule has 1 saturated carbocycles. The van der Waals surface area contributed by atoms with E-state index in [1.807, 2.05) is 12.1 Å². The highest BCUT2D eigenvalue weighted by Gasteiger charge is 2.41. The molecule has 3 nitrogen and oxygen atoms in total. The standard InChI is InChI=1S/C20H24F3NO2/c1-3-24-17(10-13-4-7-16(8-5-13)20(21,22)23)12-15-11-14(19(25)26-2)6-9-18(15)24/h6,9,11-13,16H,3-5,7-8,10H2,1-2H3. The van der Waals surface area contributed by atoms with Gasteiger partial charge >= 0.3 is 12.1 Å². The number of benzene rings is 1. The first-order valence-corrected chi connectivity index (χ1v) is 9.10. The number of hydrogen-bond donors (Lipinski definition) is 0. The molecular formula is C20H24F3NO2. The fourth-order valence-corrected chi connectivity index (χ4v) is 4.11. The first-order chi connectivity index (χ1) is 12.3. The number of aromatic nitrogens is 1. The highest BCUT2D eigenvalue weighted by molar-refractivity contribution is 5.95. The summed E-state index contributed by atoms with van der Waals surface area (Å²) in [6.45, 7) is 2.84. The molecule has 1 heterocycles. The number of carbonyl (C=O) groups is 1. The third-order valence-electron chi connectivity index (χ3n) is 5.53. The van der Waals surface area contributed by atoms with Crippen LogP contribution in [0.15, 0.2) is 24.3 Å². The van der Waals surface area contributed by atoms with E-state index >= 15 is 0 Å². The summed E-state index contributed by atoms with van der Waals surface area (Å²) in [5.74, 6) is -1.23. The van der Waals surface area contributed by atoms with E-state index in [9.17, 15) is 18.0 Å². The number of hydrogen-bond acceptors (Lipinski definition) is 2. The van der Waals surface area contributed by atoms with Crippen molar-refractivity contribution >= 4 is 16.9 Å². The van der Waals surface area contributed by atoms with E-state index in [0.29, 0.717) is 18.4 Å². The normalized spacial score (nSPS) is 21.1. The van der Waals surface area contributed by atoms with Crippen LogP contribution in [0.1, 0.15) is 48.7 Å². The molecular weight excluding hydrogens is 343 g/mol. The molecule has 6 heteroatoms. The molecule has 0 amide bonds. The van der Waals surface area contributed by atoms with Crippen molar-refractivity contribution in [1.29, 1.82) is 0 Å². The monoisotopic (exact) mass is 367 g/mol. The molecule has 1 aromatic carbocycles. The summed E-state index contributed by atoms with van der Waals surface area (Å²) in [6.07, 6.45) is -1.60. The van der Waals surface area contributed by atoms with Crippen LogP contribution < -0.4 is 0 Å². The average molecular weight is 367 g/mol. The average Bonchev–Trinajstić information content (AvgIpc) is 2.96. The molecule has 0 radical (unpaired) electrons. The predicted octanol–water partition coefficient (Wildman–Crippen LogP) is 5.36. The van der Waals surface area contributed by atoms with Gasteiger partial charge in [-0.3, -0.25) is 0 Å². The van der Waals surface area contributed by atoms with Crippen molar-refractivity contribution in [2.45, 2.75) is 51.7 Å². The van der Waals surface area contributed by atoms with E-state index in [1.165, 1.54) is 7.11 Å². The molecule has 0 spiro atoms. The molecule has 1 aliphatic carbocycles. The van der Waals surface area contributed by atoms with Crippen molar-refractivity contribution in [2.75, 3.05) is 7.11 Å².